The summed E-state index contributed by atoms with van der Waals surface area (Å²) in [6, 6.07) is 0. The summed E-state index contributed by atoms with van der Waals surface area (Å²) < 4.78 is 8.59. The lowest BCUT2D eigenvalue weighted by atomic mass is 10.0. The summed E-state index contributed by atoms with van der Waals surface area (Å²) in [6.07, 6.45) is 3.54. The number of nitrogens with zero attached hydrogens (tertiary/aromatic N) is 4. The first-order valence-corrected chi connectivity index (χ1v) is 6.70. The molecule has 0 spiro atoms. The van der Waals surface area contributed by atoms with E-state index in [2.05, 4.69) is 9.97 Å². The molecule has 0 aromatic carbocycles. The molecule has 2 aromatic heterocycles. The molecule has 7 heteroatoms. The minimum atomic E-state index is -0.0712. The second kappa shape index (κ2) is 4.94. The van der Waals surface area contributed by atoms with Crippen molar-refractivity contribution in [1.82, 2.24) is 19.1 Å². The Labute approximate surface area is 115 Å². The average molecular weight is 283 g/mol. The molecule has 19 heavy (non-hydrogen) atoms. The summed E-state index contributed by atoms with van der Waals surface area (Å²) in [7, 11) is 1.72. The van der Waals surface area contributed by atoms with Gasteiger partial charge in [0.05, 0.1) is 6.20 Å². The fourth-order valence-electron chi connectivity index (χ4n) is 2.51. The van der Waals surface area contributed by atoms with E-state index in [0.717, 1.165) is 26.1 Å². The topological polar surface area (TPSA) is 61.9 Å². The van der Waals surface area contributed by atoms with Crippen molar-refractivity contribution in [1.29, 1.82) is 0 Å². The van der Waals surface area contributed by atoms with Crippen LogP contribution in [0.5, 0.6) is 0 Å². The minimum absolute atomic E-state index is 0.0712. The lowest BCUT2D eigenvalue weighted by molar-refractivity contribution is 0.0612. The van der Waals surface area contributed by atoms with Gasteiger partial charge in [-0.15, -0.1) is 0 Å². The number of ether oxygens (including phenoxy) is 1. The SMILES string of the molecule is Cn1c(=O)n(CC2CCOCC2)c2nc(Cl)ncc21. The van der Waals surface area contributed by atoms with Crippen LogP contribution in [0.25, 0.3) is 11.2 Å². The second-order valence-electron chi connectivity index (χ2n) is 4.86. The smallest absolute Gasteiger partial charge is 0.330 e. The summed E-state index contributed by atoms with van der Waals surface area (Å²) in [5.41, 5.74) is 1.25. The van der Waals surface area contributed by atoms with E-state index >= 15 is 0 Å². The number of fused-ring (bicyclic) bond motifs is 1. The van der Waals surface area contributed by atoms with Gasteiger partial charge in [-0.05, 0) is 30.4 Å². The van der Waals surface area contributed by atoms with Gasteiger partial charge in [-0.3, -0.25) is 9.13 Å². The normalized spacial score (nSPS) is 17.2. The second-order valence-corrected chi connectivity index (χ2v) is 5.19. The van der Waals surface area contributed by atoms with Crippen molar-refractivity contribution >= 4 is 22.8 Å². The van der Waals surface area contributed by atoms with Gasteiger partial charge in [-0.1, -0.05) is 0 Å². The van der Waals surface area contributed by atoms with Crippen molar-refractivity contribution in [2.45, 2.75) is 19.4 Å². The van der Waals surface area contributed by atoms with Crippen LogP contribution in [0.15, 0.2) is 11.0 Å². The number of halogens is 1. The Hall–Kier alpha value is -1.40. The number of aromatic nitrogens is 4. The standard InChI is InChI=1S/C12H15ClN4O2/c1-16-9-6-14-11(13)15-10(9)17(12(16)18)7-8-2-4-19-5-3-8/h6,8H,2-5,7H2,1H3. The van der Waals surface area contributed by atoms with Crippen LogP contribution in [0, 0.1) is 5.92 Å². The summed E-state index contributed by atoms with van der Waals surface area (Å²) in [5.74, 6) is 0.450. The molecule has 1 fully saturated rings. The van der Waals surface area contributed by atoms with E-state index in [1.165, 1.54) is 0 Å². The van der Waals surface area contributed by atoms with Crippen LogP contribution >= 0.6 is 11.6 Å². The highest BCUT2D eigenvalue weighted by molar-refractivity contribution is 6.28. The molecule has 2 aromatic rings. The highest BCUT2D eigenvalue weighted by Gasteiger charge is 2.19. The van der Waals surface area contributed by atoms with Gasteiger partial charge in [0.1, 0.15) is 5.52 Å². The highest BCUT2D eigenvalue weighted by Crippen LogP contribution is 2.19. The van der Waals surface area contributed by atoms with E-state index in [0.29, 0.717) is 23.6 Å². The van der Waals surface area contributed by atoms with E-state index in [4.69, 9.17) is 16.3 Å². The van der Waals surface area contributed by atoms with Crippen molar-refractivity contribution < 1.29 is 4.74 Å². The Balaban J connectivity index is 2.04. The van der Waals surface area contributed by atoms with Crippen molar-refractivity contribution in [2.75, 3.05) is 13.2 Å². The fraction of sp³-hybridized carbons (Fsp3) is 0.583. The number of imidazole rings is 1. The molecular weight excluding hydrogens is 268 g/mol. The highest BCUT2D eigenvalue weighted by atomic mass is 35.5. The van der Waals surface area contributed by atoms with Crippen LogP contribution < -0.4 is 5.69 Å². The van der Waals surface area contributed by atoms with E-state index in [1.54, 1.807) is 22.4 Å². The molecule has 102 valence electrons. The lowest BCUT2D eigenvalue weighted by Crippen LogP contribution is -2.28. The van der Waals surface area contributed by atoms with Gasteiger partial charge in [0.25, 0.3) is 0 Å². The summed E-state index contributed by atoms with van der Waals surface area (Å²) >= 11 is 5.83. The lowest BCUT2D eigenvalue weighted by Gasteiger charge is -2.21. The van der Waals surface area contributed by atoms with Gasteiger partial charge in [-0.2, -0.15) is 4.98 Å². The molecule has 1 aliphatic heterocycles. The fourth-order valence-corrected chi connectivity index (χ4v) is 2.64. The first-order valence-electron chi connectivity index (χ1n) is 6.32. The largest absolute Gasteiger partial charge is 0.381 e. The van der Waals surface area contributed by atoms with E-state index < -0.39 is 0 Å². The number of hydrogen-bond acceptors (Lipinski definition) is 4. The molecule has 0 bridgehead atoms. The number of hydrogen-bond donors (Lipinski definition) is 0. The molecule has 6 nitrogen and oxygen atoms in total. The summed E-state index contributed by atoms with van der Waals surface area (Å²) in [5, 5.41) is 0.166. The zero-order chi connectivity index (χ0) is 13.4. The maximum atomic E-state index is 12.3. The molecule has 3 rings (SSSR count). The van der Waals surface area contributed by atoms with Crippen molar-refractivity contribution in [3.05, 3.63) is 22.0 Å². The van der Waals surface area contributed by atoms with Gasteiger partial charge in [0, 0.05) is 26.8 Å². The third-order valence-corrected chi connectivity index (χ3v) is 3.82. The van der Waals surface area contributed by atoms with Crippen LogP contribution in [-0.4, -0.2) is 32.3 Å². The summed E-state index contributed by atoms with van der Waals surface area (Å²) in [6.45, 7) is 2.19. The molecule has 0 amide bonds. The predicted molar refractivity (Wildman–Crippen MR) is 71.3 cm³/mol. The van der Waals surface area contributed by atoms with Crippen molar-refractivity contribution in [2.24, 2.45) is 13.0 Å². The third kappa shape index (κ3) is 2.26. The van der Waals surface area contributed by atoms with E-state index in [9.17, 15) is 4.79 Å². The van der Waals surface area contributed by atoms with Gasteiger partial charge in [0.15, 0.2) is 5.65 Å². The third-order valence-electron chi connectivity index (χ3n) is 3.64. The van der Waals surface area contributed by atoms with Gasteiger partial charge in [-0.25, -0.2) is 9.78 Å². The quantitative estimate of drug-likeness (QED) is 0.777. The predicted octanol–water partition coefficient (Wildman–Crippen LogP) is 1.21. The Morgan fingerprint density at radius 3 is 2.95 bits per heavy atom. The maximum Gasteiger partial charge on any atom is 0.330 e. The number of aryl methyl sites for hydroxylation is 1. The molecule has 0 unspecified atom stereocenters. The monoisotopic (exact) mass is 282 g/mol. The Bertz CT molecular complexity index is 658. The molecule has 0 radical (unpaired) electrons. The first kappa shape index (κ1) is 12.6. The van der Waals surface area contributed by atoms with E-state index in [1.807, 2.05) is 0 Å². The Morgan fingerprint density at radius 2 is 2.21 bits per heavy atom. The van der Waals surface area contributed by atoms with Crippen LogP contribution in [-0.2, 0) is 18.3 Å². The van der Waals surface area contributed by atoms with Gasteiger partial charge >= 0.3 is 5.69 Å². The molecule has 0 aliphatic carbocycles. The molecule has 0 N–H and O–H groups in total. The van der Waals surface area contributed by atoms with Crippen molar-refractivity contribution in [3.63, 3.8) is 0 Å². The average Bonchev–Trinajstić information content (AvgIpc) is 2.65. The Morgan fingerprint density at radius 1 is 1.47 bits per heavy atom. The summed E-state index contributed by atoms with van der Waals surface area (Å²) in [4.78, 5) is 20.4. The van der Waals surface area contributed by atoms with Crippen LogP contribution in [0.2, 0.25) is 5.28 Å². The molecule has 1 saturated heterocycles. The molecule has 0 saturated carbocycles. The van der Waals surface area contributed by atoms with Gasteiger partial charge in [0.2, 0.25) is 5.28 Å². The molecule has 0 atom stereocenters. The first-order chi connectivity index (χ1) is 9.16. The van der Waals surface area contributed by atoms with Crippen molar-refractivity contribution in [3.8, 4) is 0 Å². The Kier molecular flexibility index (Phi) is 3.28. The van der Waals surface area contributed by atoms with Gasteiger partial charge < -0.3 is 4.74 Å². The number of rotatable bonds is 2. The van der Waals surface area contributed by atoms with Crippen LogP contribution in [0.3, 0.4) is 0 Å². The minimum Gasteiger partial charge on any atom is -0.381 e. The van der Waals surface area contributed by atoms with Crippen LogP contribution in [0.4, 0.5) is 0 Å². The zero-order valence-corrected chi connectivity index (χ0v) is 11.4. The van der Waals surface area contributed by atoms with Crippen LogP contribution in [0.1, 0.15) is 12.8 Å². The molecular formula is C12H15ClN4O2. The van der Waals surface area contributed by atoms with E-state index in [-0.39, 0.29) is 11.0 Å². The maximum absolute atomic E-state index is 12.3. The molecule has 1 aliphatic rings. The molecule has 3 heterocycles. The zero-order valence-electron chi connectivity index (χ0n) is 10.7.